The minimum absolute atomic E-state index is 0.0141. The largest absolute Gasteiger partial charge is 0.404 e. The van der Waals surface area contributed by atoms with Crippen LogP contribution in [0, 0.1) is 17.1 Å². The van der Waals surface area contributed by atoms with Gasteiger partial charge in [-0.1, -0.05) is 13.8 Å². The minimum Gasteiger partial charge on any atom is -0.404 e. The van der Waals surface area contributed by atoms with Crippen molar-refractivity contribution in [3.05, 3.63) is 70.3 Å². The van der Waals surface area contributed by atoms with E-state index in [0.29, 0.717) is 30.5 Å². The molecule has 0 aliphatic carbocycles. The molecule has 0 aliphatic heterocycles. The number of nitriles is 1. The van der Waals surface area contributed by atoms with Gasteiger partial charge in [0.1, 0.15) is 17.3 Å². The van der Waals surface area contributed by atoms with E-state index in [9.17, 15) is 9.18 Å². The molecule has 2 N–H and O–H groups in total. The van der Waals surface area contributed by atoms with Gasteiger partial charge in [0.05, 0.1) is 29.1 Å². The van der Waals surface area contributed by atoms with Gasteiger partial charge in [-0.25, -0.2) is 18.8 Å². The normalized spacial score (nSPS) is 15.6. The zero-order valence-electron chi connectivity index (χ0n) is 23.3. The van der Waals surface area contributed by atoms with Crippen molar-refractivity contribution in [3.8, 4) is 17.3 Å². The van der Waals surface area contributed by atoms with Crippen LogP contribution >= 0.6 is 0 Å². The summed E-state index contributed by atoms with van der Waals surface area (Å²) in [5.41, 5.74) is 7.25. The van der Waals surface area contributed by atoms with Crippen molar-refractivity contribution in [3.63, 3.8) is 0 Å². The molecule has 0 spiro atoms. The Kier molecular flexibility index (Phi) is 11.9. The van der Waals surface area contributed by atoms with Crippen LogP contribution in [-0.2, 0) is 9.53 Å². The Bertz CT molecular complexity index is 1370. The first-order chi connectivity index (χ1) is 18.6. The molecular formula is C29H36F2N6O2. The Morgan fingerprint density at radius 2 is 2.03 bits per heavy atom. The van der Waals surface area contributed by atoms with Crippen LogP contribution in [0.4, 0.5) is 8.78 Å². The van der Waals surface area contributed by atoms with Crippen LogP contribution in [0.1, 0.15) is 71.1 Å². The fourth-order valence-corrected chi connectivity index (χ4v) is 3.79. The number of aliphatic imine (C=N–C) groups is 1. The second kappa shape index (κ2) is 14.8. The van der Waals surface area contributed by atoms with Crippen LogP contribution in [0.25, 0.3) is 11.3 Å². The Morgan fingerprint density at radius 1 is 1.31 bits per heavy atom. The molecule has 3 unspecified atom stereocenters. The van der Waals surface area contributed by atoms with E-state index in [4.69, 9.17) is 20.7 Å². The molecule has 0 radical (unpaired) electrons. The first kappa shape index (κ1) is 31.2. The maximum absolute atomic E-state index is 15.2. The molecule has 1 aromatic carbocycles. The zero-order chi connectivity index (χ0) is 29.1. The topological polar surface area (TPSA) is 119 Å². The number of carbonyl (C=O) groups is 1. The second-order valence-corrected chi connectivity index (χ2v) is 9.16. The van der Waals surface area contributed by atoms with E-state index < -0.39 is 17.7 Å². The number of benzene rings is 1. The SMILES string of the molecule is CCC(C)N=C/C(=C\N)C(CC(CC)c1cn(C=O)c(=N/C(C)=C(\C)F)c(-c2ccc(C#N)cc2F)n1)OC. The Hall–Kier alpha value is -3.97. The molecule has 2 aromatic rings. The first-order valence-corrected chi connectivity index (χ1v) is 12.8. The summed E-state index contributed by atoms with van der Waals surface area (Å²) >= 11 is 0. The third kappa shape index (κ3) is 8.01. The summed E-state index contributed by atoms with van der Waals surface area (Å²) in [6, 6.07) is 5.94. The van der Waals surface area contributed by atoms with E-state index in [1.54, 1.807) is 13.3 Å². The van der Waals surface area contributed by atoms with Crippen molar-refractivity contribution in [2.45, 2.75) is 71.9 Å². The highest BCUT2D eigenvalue weighted by Gasteiger charge is 2.23. The number of hydrogen-bond donors (Lipinski definition) is 1. The Balaban J connectivity index is 2.75. The number of nitrogens with two attached hydrogens (primary N) is 1. The molecule has 0 saturated heterocycles. The van der Waals surface area contributed by atoms with E-state index >= 15 is 4.39 Å². The lowest BCUT2D eigenvalue weighted by Crippen LogP contribution is -2.27. The van der Waals surface area contributed by atoms with Gasteiger partial charge in [0.2, 0.25) is 6.41 Å². The van der Waals surface area contributed by atoms with E-state index in [1.165, 1.54) is 38.4 Å². The van der Waals surface area contributed by atoms with Crippen molar-refractivity contribution in [2.75, 3.05) is 7.11 Å². The van der Waals surface area contributed by atoms with Gasteiger partial charge in [0.15, 0.2) is 5.49 Å². The smallest absolute Gasteiger partial charge is 0.219 e. The number of rotatable bonds is 12. The van der Waals surface area contributed by atoms with Crippen LogP contribution in [-0.4, -0.2) is 41.4 Å². The van der Waals surface area contributed by atoms with Crippen LogP contribution in [0.15, 0.2) is 57.7 Å². The summed E-state index contributed by atoms with van der Waals surface area (Å²) in [6.07, 6.45) is 6.71. The summed E-state index contributed by atoms with van der Waals surface area (Å²) in [5.74, 6) is -1.51. The van der Waals surface area contributed by atoms with Crippen molar-refractivity contribution in [1.29, 1.82) is 5.26 Å². The van der Waals surface area contributed by atoms with Crippen LogP contribution in [0.2, 0.25) is 0 Å². The van der Waals surface area contributed by atoms with E-state index in [1.807, 2.05) is 26.8 Å². The van der Waals surface area contributed by atoms with Crippen molar-refractivity contribution in [2.24, 2.45) is 15.7 Å². The lowest BCUT2D eigenvalue weighted by Gasteiger charge is -2.23. The van der Waals surface area contributed by atoms with Crippen molar-refractivity contribution < 1.29 is 18.3 Å². The Morgan fingerprint density at radius 3 is 2.54 bits per heavy atom. The van der Waals surface area contributed by atoms with Crippen LogP contribution in [0.3, 0.4) is 0 Å². The van der Waals surface area contributed by atoms with Gasteiger partial charge in [-0.3, -0.25) is 14.4 Å². The molecule has 0 aliphatic rings. The summed E-state index contributed by atoms with van der Waals surface area (Å²) < 4.78 is 36.0. The molecule has 0 saturated carbocycles. The minimum atomic E-state index is -0.719. The number of ether oxygens (including phenoxy) is 1. The van der Waals surface area contributed by atoms with E-state index in [-0.39, 0.29) is 40.0 Å². The molecule has 1 aromatic heterocycles. The summed E-state index contributed by atoms with van der Waals surface area (Å²) in [7, 11) is 1.57. The molecule has 8 nitrogen and oxygen atoms in total. The van der Waals surface area contributed by atoms with Gasteiger partial charge >= 0.3 is 0 Å². The standard InChI is InChI=1S/C29H36F2N6O2/c1-7-18(3)34-15-23(14-33)27(39-6)12-22(8-2)26-16-37(17-38)29(35-20(5)19(4)30)28(36-26)24-10-9-21(13-32)11-25(24)31/h9-11,14-18,22,27H,7-8,12,33H2,1-6H3/b20-19+,23-14+,34-15?,35-29?. The van der Waals surface area contributed by atoms with Crippen molar-refractivity contribution >= 4 is 12.6 Å². The van der Waals surface area contributed by atoms with Gasteiger partial charge in [-0.05, 0) is 58.2 Å². The third-order valence-corrected chi connectivity index (χ3v) is 6.53. The fourth-order valence-electron chi connectivity index (χ4n) is 3.79. The van der Waals surface area contributed by atoms with Gasteiger partial charge in [-0.2, -0.15) is 5.26 Å². The monoisotopic (exact) mass is 538 g/mol. The fraction of sp³-hybridized carbons (Fsp3) is 0.414. The van der Waals surface area contributed by atoms with E-state index in [2.05, 4.69) is 9.98 Å². The second-order valence-electron chi connectivity index (χ2n) is 9.16. The number of aromatic nitrogens is 2. The predicted molar refractivity (Wildman–Crippen MR) is 148 cm³/mol. The quantitative estimate of drug-likeness (QED) is 0.289. The Labute approximate surface area is 228 Å². The molecule has 0 fully saturated rings. The predicted octanol–water partition coefficient (Wildman–Crippen LogP) is 5.33. The maximum atomic E-state index is 15.2. The summed E-state index contributed by atoms with van der Waals surface area (Å²) in [6.45, 7) is 8.68. The third-order valence-electron chi connectivity index (χ3n) is 6.53. The maximum Gasteiger partial charge on any atom is 0.219 e. The molecule has 0 bridgehead atoms. The average Bonchev–Trinajstić information content (AvgIpc) is 2.94. The number of carbonyl (C=O) groups excluding carboxylic acids is 1. The van der Waals surface area contributed by atoms with Crippen LogP contribution in [0.5, 0.6) is 0 Å². The number of hydrogen-bond acceptors (Lipinski definition) is 7. The zero-order valence-corrected chi connectivity index (χ0v) is 23.3. The van der Waals surface area contributed by atoms with E-state index in [0.717, 1.165) is 17.1 Å². The highest BCUT2D eigenvalue weighted by molar-refractivity contribution is 5.79. The number of methoxy groups -OCH3 is 1. The van der Waals surface area contributed by atoms with Gasteiger partial charge in [0, 0.05) is 48.8 Å². The summed E-state index contributed by atoms with van der Waals surface area (Å²) in [5, 5.41) is 9.16. The molecule has 3 atom stereocenters. The molecule has 208 valence electrons. The molecule has 39 heavy (non-hydrogen) atoms. The van der Waals surface area contributed by atoms with Crippen LogP contribution < -0.4 is 11.2 Å². The molecule has 0 amide bonds. The lowest BCUT2D eigenvalue weighted by molar-refractivity contribution is 0.121. The number of nitrogens with zero attached hydrogens (tertiary/aromatic N) is 5. The molecule has 10 heteroatoms. The number of allylic oxidation sites excluding steroid dienone is 2. The highest BCUT2D eigenvalue weighted by Crippen LogP contribution is 2.28. The van der Waals surface area contributed by atoms with Crippen molar-refractivity contribution in [1.82, 2.24) is 9.55 Å². The molecule has 2 rings (SSSR count). The first-order valence-electron chi connectivity index (χ1n) is 12.8. The average molecular weight is 539 g/mol. The van der Waals surface area contributed by atoms with Gasteiger partial charge in [0.25, 0.3) is 0 Å². The molecular weight excluding hydrogens is 502 g/mol. The molecule has 1 heterocycles. The summed E-state index contributed by atoms with van der Waals surface area (Å²) in [4.78, 5) is 25.7. The lowest BCUT2D eigenvalue weighted by atomic mass is 9.92. The van der Waals surface area contributed by atoms with Gasteiger partial charge < -0.3 is 10.5 Å². The number of halogens is 2. The van der Waals surface area contributed by atoms with Gasteiger partial charge in [-0.15, -0.1) is 0 Å². The highest BCUT2D eigenvalue weighted by atomic mass is 19.1.